The number of carboxylic acid groups (broad SMARTS) is 1. The van der Waals surface area contributed by atoms with Crippen LogP contribution in [0.1, 0.15) is 10.4 Å². The van der Waals surface area contributed by atoms with Gasteiger partial charge in [0.05, 0.1) is 16.3 Å². The van der Waals surface area contributed by atoms with Gasteiger partial charge in [-0.05, 0) is 12.1 Å². The third-order valence-electron chi connectivity index (χ3n) is 1.72. The van der Waals surface area contributed by atoms with E-state index >= 15 is 0 Å². The van der Waals surface area contributed by atoms with Gasteiger partial charge in [-0.15, -0.1) is 11.8 Å². The van der Waals surface area contributed by atoms with Gasteiger partial charge >= 0.3 is 5.97 Å². The second-order valence-electron chi connectivity index (χ2n) is 3.30. The molecule has 1 heterocycles. The van der Waals surface area contributed by atoms with E-state index in [2.05, 4.69) is 4.98 Å². The summed E-state index contributed by atoms with van der Waals surface area (Å²) in [4.78, 5) is 14.7. The normalized spacial score (nSPS) is 11.4. The molecule has 1 aromatic rings. The molecular formula is C9H10ClNO4S2. The SMILES string of the molecule is CS(=O)(=O)CCSc1cc(C(=O)O)cc(Cl)n1. The molecule has 0 fully saturated rings. The Bertz CT molecular complexity index is 530. The summed E-state index contributed by atoms with van der Waals surface area (Å²) in [5.74, 6) is -0.779. The lowest BCUT2D eigenvalue weighted by molar-refractivity contribution is 0.0696. The summed E-state index contributed by atoms with van der Waals surface area (Å²) in [6.45, 7) is 0. The number of nitrogens with zero attached hydrogens (tertiary/aromatic N) is 1. The quantitative estimate of drug-likeness (QED) is 0.655. The van der Waals surface area contributed by atoms with E-state index < -0.39 is 15.8 Å². The Kier molecular flexibility index (Phi) is 4.79. The van der Waals surface area contributed by atoms with Crippen molar-refractivity contribution in [2.45, 2.75) is 5.03 Å². The van der Waals surface area contributed by atoms with Gasteiger partial charge in [-0.3, -0.25) is 0 Å². The van der Waals surface area contributed by atoms with Crippen molar-refractivity contribution in [1.82, 2.24) is 4.98 Å². The summed E-state index contributed by atoms with van der Waals surface area (Å²) in [6.07, 6.45) is 1.14. The first kappa shape index (κ1) is 14.3. The number of carboxylic acids is 1. The highest BCUT2D eigenvalue weighted by atomic mass is 35.5. The van der Waals surface area contributed by atoms with Crippen LogP contribution < -0.4 is 0 Å². The highest BCUT2D eigenvalue weighted by Crippen LogP contribution is 2.20. The first-order valence-electron chi connectivity index (χ1n) is 4.49. The van der Waals surface area contributed by atoms with Crippen LogP contribution >= 0.6 is 23.4 Å². The zero-order chi connectivity index (χ0) is 13.1. The standard InChI is InChI=1S/C9H10ClNO4S2/c1-17(14,15)3-2-16-8-5-6(9(12)13)4-7(10)11-8/h4-5H,2-3H2,1H3,(H,12,13). The smallest absolute Gasteiger partial charge is 0.335 e. The lowest BCUT2D eigenvalue weighted by atomic mass is 10.3. The van der Waals surface area contributed by atoms with Crippen LogP contribution in [0.3, 0.4) is 0 Å². The Morgan fingerprint density at radius 3 is 2.71 bits per heavy atom. The van der Waals surface area contributed by atoms with Crippen molar-refractivity contribution in [2.75, 3.05) is 17.8 Å². The molecular weight excluding hydrogens is 286 g/mol. The number of rotatable bonds is 5. The van der Waals surface area contributed by atoms with Gasteiger partial charge in [-0.2, -0.15) is 0 Å². The summed E-state index contributed by atoms with van der Waals surface area (Å²) >= 11 is 6.81. The number of aromatic carboxylic acids is 1. The molecule has 0 saturated carbocycles. The van der Waals surface area contributed by atoms with Gasteiger partial charge in [0, 0.05) is 12.0 Å². The molecule has 0 amide bonds. The summed E-state index contributed by atoms with van der Waals surface area (Å²) in [7, 11) is -3.03. The molecule has 0 aliphatic rings. The number of hydrogen-bond acceptors (Lipinski definition) is 5. The fourth-order valence-electron chi connectivity index (χ4n) is 0.968. The molecule has 8 heteroatoms. The summed E-state index contributed by atoms with van der Waals surface area (Å²) in [5.41, 5.74) is 0.0341. The molecule has 0 aromatic carbocycles. The molecule has 1 aromatic heterocycles. The second kappa shape index (κ2) is 5.70. The van der Waals surface area contributed by atoms with Crippen LogP contribution in [0.2, 0.25) is 5.15 Å². The molecule has 17 heavy (non-hydrogen) atoms. The fourth-order valence-corrected chi connectivity index (χ4v) is 3.35. The van der Waals surface area contributed by atoms with Crippen molar-refractivity contribution in [3.63, 3.8) is 0 Å². The minimum atomic E-state index is -3.03. The van der Waals surface area contributed by atoms with Gasteiger partial charge < -0.3 is 5.11 Å². The van der Waals surface area contributed by atoms with Crippen LogP contribution in [0.5, 0.6) is 0 Å². The van der Waals surface area contributed by atoms with Gasteiger partial charge in [0.2, 0.25) is 0 Å². The van der Waals surface area contributed by atoms with Crippen molar-refractivity contribution < 1.29 is 18.3 Å². The molecule has 0 spiro atoms. The van der Waals surface area contributed by atoms with E-state index in [0.29, 0.717) is 10.8 Å². The number of carbonyl (C=O) groups is 1. The van der Waals surface area contributed by atoms with Crippen LogP contribution in [-0.4, -0.2) is 42.2 Å². The zero-order valence-corrected chi connectivity index (χ0v) is 11.3. The number of thioether (sulfide) groups is 1. The molecule has 0 aliphatic heterocycles. The average Bonchev–Trinajstić information content (AvgIpc) is 2.14. The van der Waals surface area contributed by atoms with Crippen molar-refractivity contribution in [2.24, 2.45) is 0 Å². The maximum Gasteiger partial charge on any atom is 0.335 e. The van der Waals surface area contributed by atoms with E-state index in [1.54, 1.807) is 0 Å². The maximum atomic E-state index is 10.9. The lowest BCUT2D eigenvalue weighted by Crippen LogP contribution is -2.05. The van der Waals surface area contributed by atoms with Crippen LogP contribution in [0.25, 0.3) is 0 Å². The second-order valence-corrected chi connectivity index (χ2v) is 7.06. The Labute approximate surface area is 108 Å². The number of hydrogen-bond donors (Lipinski definition) is 1. The Morgan fingerprint density at radius 1 is 1.53 bits per heavy atom. The monoisotopic (exact) mass is 295 g/mol. The van der Waals surface area contributed by atoms with E-state index in [-0.39, 0.29) is 16.5 Å². The molecule has 1 rings (SSSR count). The predicted octanol–water partition coefficient (Wildman–Crippen LogP) is 1.57. The summed E-state index contributed by atoms with van der Waals surface area (Å²) < 4.78 is 21.8. The Balaban J connectivity index is 2.75. The van der Waals surface area contributed by atoms with E-state index in [4.69, 9.17) is 16.7 Å². The number of halogens is 1. The molecule has 5 nitrogen and oxygen atoms in total. The van der Waals surface area contributed by atoms with Gasteiger partial charge in [0.25, 0.3) is 0 Å². The van der Waals surface area contributed by atoms with Crippen molar-refractivity contribution >= 4 is 39.2 Å². The third-order valence-corrected chi connectivity index (χ3v) is 4.03. The topological polar surface area (TPSA) is 84.3 Å². The summed E-state index contributed by atoms with van der Waals surface area (Å²) in [5, 5.41) is 9.27. The van der Waals surface area contributed by atoms with Crippen LogP contribution in [0.15, 0.2) is 17.2 Å². The highest BCUT2D eigenvalue weighted by molar-refractivity contribution is 8.00. The van der Waals surface area contributed by atoms with E-state index in [1.165, 1.54) is 12.1 Å². The molecule has 0 bridgehead atoms. The number of aromatic nitrogens is 1. The predicted molar refractivity (Wildman–Crippen MR) is 66.6 cm³/mol. The third kappa shape index (κ3) is 5.38. The van der Waals surface area contributed by atoms with Crippen molar-refractivity contribution in [1.29, 1.82) is 0 Å². The van der Waals surface area contributed by atoms with E-state index in [9.17, 15) is 13.2 Å². The first-order chi connectivity index (χ1) is 7.78. The fraction of sp³-hybridized carbons (Fsp3) is 0.333. The van der Waals surface area contributed by atoms with Crippen LogP contribution in [0, 0.1) is 0 Å². The van der Waals surface area contributed by atoms with Crippen LogP contribution in [-0.2, 0) is 9.84 Å². The van der Waals surface area contributed by atoms with Gasteiger partial charge in [-0.25, -0.2) is 18.2 Å². The van der Waals surface area contributed by atoms with E-state index in [0.717, 1.165) is 18.0 Å². The number of pyridine rings is 1. The summed E-state index contributed by atoms with van der Waals surface area (Å²) in [6, 6.07) is 2.60. The minimum Gasteiger partial charge on any atom is -0.478 e. The Hall–Kier alpha value is -0.790. The van der Waals surface area contributed by atoms with Crippen LogP contribution in [0.4, 0.5) is 0 Å². The molecule has 0 radical (unpaired) electrons. The molecule has 94 valence electrons. The molecule has 1 N–H and O–H groups in total. The molecule has 0 saturated heterocycles. The Morgan fingerprint density at radius 2 is 2.18 bits per heavy atom. The largest absolute Gasteiger partial charge is 0.478 e. The minimum absolute atomic E-state index is 0.00820. The molecule has 0 unspecified atom stereocenters. The van der Waals surface area contributed by atoms with Crippen molar-refractivity contribution in [3.8, 4) is 0 Å². The van der Waals surface area contributed by atoms with Gasteiger partial charge in [-0.1, -0.05) is 11.6 Å². The average molecular weight is 296 g/mol. The molecule has 0 atom stereocenters. The molecule has 0 aliphatic carbocycles. The first-order valence-corrected chi connectivity index (χ1v) is 7.92. The highest BCUT2D eigenvalue weighted by Gasteiger charge is 2.09. The van der Waals surface area contributed by atoms with Gasteiger partial charge in [0.1, 0.15) is 15.0 Å². The van der Waals surface area contributed by atoms with Crippen molar-refractivity contribution in [3.05, 3.63) is 22.8 Å². The zero-order valence-electron chi connectivity index (χ0n) is 8.88. The maximum absolute atomic E-state index is 10.9. The number of sulfone groups is 1. The van der Waals surface area contributed by atoms with Gasteiger partial charge in [0.15, 0.2) is 0 Å². The lowest BCUT2D eigenvalue weighted by Gasteiger charge is -2.02. The van der Waals surface area contributed by atoms with E-state index in [1.807, 2.05) is 0 Å².